The van der Waals surface area contributed by atoms with E-state index in [0.29, 0.717) is 17.3 Å². The van der Waals surface area contributed by atoms with Crippen LogP contribution in [0, 0.1) is 5.82 Å². The number of pyridine rings is 1. The van der Waals surface area contributed by atoms with E-state index >= 15 is 0 Å². The Hall–Kier alpha value is -3.25. The van der Waals surface area contributed by atoms with Gasteiger partial charge in [0.2, 0.25) is 0 Å². The third kappa shape index (κ3) is 4.43. The fourth-order valence-corrected chi connectivity index (χ4v) is 3.51. The molecule has 1 aliphatic heterocycles. The molecular weight excluding hydrogens is 367 g/mol. The van der Waals surface area contributed by atoms with Gasteiger partial charge in [0.1, 0.15) is 11.6 Å². The monoisotopic (exact) mass is 390 g/mol. The number of anilines is 2. The standard InChI is InChI=1S/C23H23FN4O/c1-25-21-12-13-28(15-21)22-11-10-20(14-26-22)27-23(29)18-4-2-16(3-5-18)17-6-8-19(24)9-7-17/h2-11,14,21,25H,12-13,15H2,1H3,(H,27,29)/t21-/m1/s1. The van der Waals surface area contributed by atoms with Crippen molar-refractivity contribution in [1.82, 2.24) is 10.3 Å². The van der Waals surface area contributed by atoms with E-state index in [4.69, 9.17) is 0 Å². The number of hydrogen-bond acceptors (Lipinski definition) is 4. The lowest BCUT2D eigenvalue weighted by molar-refractivity contribution is 0.102. The number of nitrogens with zero attached hydrogens (tertiary/aromatic N) is 2. The molecule has 3 aromatic rings. The smallest absolute Gasteiger partial charge is 0.255 e. The van der Waals surface area contributed by atoms with Gasteiger partial charge in [0.15, 0.2) is 0 Å². The number of rotatable bonds is 5. The van der Waals surface area contributed by atoms with E-state index in [1.54, 1.807) is 30.5 Å². The molecule has 1 aromatic heterocycles. The molecule has 1 saturated heterocycles. The van der Waals surface area contributed by atoms with Gasteiger partial charge in [0.25, 0.3) is 5.91 Å². The first-order valence-electron chi connectivity index (χ1n) is 9.68. The van der Waals surface area contributed by atoms with Crippen molar-refractivity contribution < 1.29 is 9.18 Å². The van der Waals surface area contributed by atoms with Gasteiger partial charge in [-0.1, -0.05) is 24.3 Å². The predicted octanol–water partition coefficient (Wildman–Crippen LogP) is 3.94. The summed E-state index contributed by atoms with van der Waals surface area (Å²) in [6.45, 7) is 1.92. The molecule has 0 unspecified atom stereocenters. The number of aromatic nitrogens is 1. The zero-order valence-electron chi connectivity index (χ0n) is 16.2. The second kappa shape index (κ2) is 8.41. The van der Waals surface area contributed by atoms with Gasteiger partial charge in [-0.05, 0) is 61.0 Å². The van der Waals surface area contributed by atoms with Crippen molar-refractivity contribution in [2.75, 3.05) is 30.4 Å². The molecule has 2 N–H and O–H groups in total. The summed E-state index contributed by atoms with van der Waals surface area (Å²) in [4.78, 5) is 19.2. The molecule has 1 atom stereocenters. The topological polar surface area (TPSA) is 57.3 Å². The molecule has 1 fully saturated rings. The summed E-state index contributed by atoms with van der Waals surface area (Å²) in [6, 6.07) is 17.8. The fraction of sp³-hybridized carbons (Fsp3) is 0.217. The zero-order chi connectivity index (χ0) is 20.2. The minimum atomic E-state index is -0.268. The number of hydrogen-bond donors (Lipinski definition) is 2. The summed E-state index contributed by atoms with van der Waals surface area (Å²) < 4.78 is 13.1. The Morgan fingerprint density at radius 3 is 2.31 bits per heavy atom. The second-order valence-corrected chi connectivity index (χ2v) is 7.16. The first-order chi connectivity index (χ1) is 14.1. The van der Waals surface area contributed by atoms with Crippen LogP contribution in [0.15, 0.2) is 66.9 Å². The number of likely N-dealkylation sites (N-methyl/N-ethyl adjacent to an activating group) is 1. The molecule has 0 bridgehead atoms. The highest BCUT2D eigenvalue weighted by Crippen LogP contribution is 2.22. The highest BCUT2D eigenvalue weighted by Gasteiger charge is 2.21. The molecule has 1 amide bonds. The molecular formula is C23H23FN4O. The van der Waals surface area contributed by atoms with E-state index in [0.717, 1.165) is 36.5 Å². The van der Waals surface area contributed by atoms with E-state index in [2.05, 4.69) is 20.5 Å². The summed E-state index contributed by atoms with van der Waals surface area (Å²) in [5, 5.41) is 6.17. The van der Waals surface area contributed by atoms with Gasteiger partial charge in [-0.2, -0.15) is 0 Å². The van der Waals surface area contributed by atoms with Crippen LogP contribution in [0.3, 0.4) is 0 Å². The minimum absolute atomic E-state index is 0.193. The molecule has 0 aliphatic carbocycles. The van der Waals surface area contributed by atoms with Gasteiger partial charge in [-0.15, -0.1) is 0 Å². The second-order valence-electron chi connectivity index (χ2n) is 7.16. The number of halogens is 1. The van der Waals surface area contributed by atoms with Crippen molar-refractivity contribution in [3.63, 3.8) is 0 Å². The summed E-state index contributed by atoms with van der Waals surface area (Å²) >= 11 is 0. The predicted molar refractivity (Wildman–Crippen MR) is 114 cm³/mol. The van der Waals surface area contributed by atoms with Crippen LogP contribution in [0.5, 0.6) is 0 Å². The van der Waals surface area contributed by atoms with Crippen LogP contribution in [0.4, 0.5) is 15.9 Å². The Balaban J connectivity index is 1.39. The van der Waals surface area contributed by atoms with Crippen molar-refractivity contribution in [2.24, 2.45) is 0 Å². The maximum absolute atomic E-state index is 13.1. The number of benzene rings is 2. The number of nitrogens with one attached hydrogen (secondary N) is 2. The van der Waals surface area contributed by atoms with E-state index in [9.17, 15) is 9.18 Å². The Labute approximate surface area is 169 Å². The Morgan fingerprint density at radius 1 is 1.03 bits per heavy atom. The lowest BCUT2D eigenvalue weighted by Crippen LogP contribution is -2.29. The third-order valence-corrected chi connectivity index (χ3v) is 5.25. The Kier molecular flexibility index (Phi) is 5.53. The van der Waals surface area contributed by atoms with Crippen LogP contribution in [-0.4, -0.2) is 37.1 Å². The lowest BCUT2D eigenvalue weighted by atomic mass is 10.0. The van der Waals surface area contributed by atoms with E-state index in [1.807, 2.05) is 31.3 Å². The van der Waals surface area contributed by atoms with Crippen molar-refractivity contribution in [3.05, 3.63) is 78.2 Å². The third-order valence-electron chi connectivity index (χ3n) is 5.25. The van der Waals surface area contributed by atoms with E-state index in [-0.39, 0.29) is 11.7 Å². The lowest BCUT2D eigenvalue weighted by Gasteiger charge is -2.17. The normalized spacial score (nSPS) is 16.1. The van der Waals surface area contributed by atoms with Gasteiger partial charge < -0.3 is 15.5 Å². The summed E-state index contributed by atoms with van der Waals surface area (Å²) in [6.07, 6.45) is 2.79. The van der Waals surface area contributed by atoms with E-state index in [1.165, 1.54) is 12.1 Å². The molecule has 2 heterocycles. The Morgan fingerprint density at radius 2 is 1.72 bits per heavy atom. The average molecular weight is 390 g/mol. The molecule has 5 nitrogen and oxygen atoms in total. The molecule has 1 aliphatic rings. The zero-order valence-corrected chi connectivity index (χ0v) is 16.2. The molecule has 0 radical (unpaired) electrons. The molecule has 4 rings (SSSR count). The van der Waals surface area contributed by atoms with Crippen LogP contribution >= 0.6 is 0 Å². The summed E-state index contributed by atoms with van der Waals surface area (Å²) in [5.41, 5.74) is 3.04. The quantitative estimate of drug-likeness (QED) is 0.693. The number of carbonyl (C=O) groups is 1. The summed E-state index contributed by atoms with van der Waals surface area (Å²) in [5.74, 6) is 0.460. The van der Waals surface area contributed by atoms with E-state index < -0.39 is 0 Å². The summed E-state index contributed by atoms with van der Waals surface area (Å²) in [7, 11) is 1.98. The van der Waals surface area contributed by atoms with Gasteiger partial charge >= 0.3 is 0 Å². The van der Waals surface area contributed by atoms with Crippen molar-refractivity contribution in [3.8, 4) is 11.1 Å². The SMILES string of the molecule is CN[C@@H]1CCN(c2ccc(NC(=O)c3ccc(-c4ccc(F)cc4)cc3)cn2)C1. The molecule has 0 spiro atoms. The minimum Gasteiger partial charge on any atom is -0.355 e. The molecule has 2 aromatic carbocycles. The van der Waals surface area contributed by atoms with Gasteiger partial charge in [0, 0.05) is 24.7 Å². The van der Waals surface area contributed by atoms with Gasteiger partial charge in [0.05, 0.1) is 11.9 Å². The molecule has 6 heteroatoms. The number of carbonyl (C=O) groups excluding carboxylic acids is 1. The maximum Gasteiger partial charge on any atom is 0.255 e. The van der Waals surface area contributed by atoms with Crippen molar-refractivity contribution >= 4 is 17.4 Å². The molecule has 29 heavy (non-hydrogen) atoms. The fourth-order valence-electron chi connectivity index (χ4n) is 3.51. The van der Waals surface area contributed by atoms with Crippen LogP contribution in [0.25, 0.3) is 11.1 Å². The Bertz CT molecular complexity index is 971. The largest absolute Gasteiger partial charge is 0.355 e. The van der Waals surface area contributed by atoms with Gasteiger partial charge in [-0.3, -0.25) is 4.79 Å². The number of amides is 1. The molecule has 148 valence electrons. The first-order valence-corrected chi connectivity index (χ1v) is 9.68. The van der Waals surface area contributed by atoms with Crippen molar-refractivity contribution in [2.45, 2.75) is 12.5 Å². The van der Waals surface area contributed by atoms with Gasteiger partial charge in [-0.25, -0.2) is 9.37 Å². The van der Waals surface area contributed by atoms with Crippen molar-refractivity contribution in [1.29, 1.82) is 0 Å². The highest BCUT2D eigenvalue weighted by molar-refractivity contribution is 6.04. The van der Waals surface area contributed by atoms with Crippen LogP contribution in [0.2, 0.25) is 0 Å². The first kappa shape index (κ1) is 19.1. The molecule has 0 saturated carbocycles. The highest BCUT2D eigenvalue weighted by atomic mass is 19.1. The van der Waals surface area contributed by atoms with Crippen LogP contribution < -0.4 is 15.5 Å². The average Bonchev–Trinajstić information content (AvgIpc) is 3.24. The van der Waals surface area contributed by atoms with Crippen LogP contribution in [0.1, 0.15) is 16.8 Å². The van der Waals surface area contributed by atoms with Crippen LogP contribution in [-0.2, 0) is 0 Å². The maximum atomic E-state index is 13.1.